The molecule has 1 aromatic heterocycles. The highest BCUT2D eigenvalue weighted by molar-refractivity contribution is 7.20. The first kappa shape index (κ1) is 21.1. The molecular formula is C24H29NO4S. The maximum absolute atomic E-state index is 13.7. The molecule has 0 unspecified atom stereocenters. The number of anilines is 1. The van der Waals surface area contributed by atoms with Crippen LogP contribution in [0.25, 0.3) is 10.4 Å². The van der Waals surface area contributed by atoms with Crippen LogP contribution in [0, 0.1) is 11.8 Å². The Balaban J connectivity index is 1.73. The van der Waals surface area contributed by atoms with Crippen molar-refractivity contribution in [3.05, 3.63) is 42.0 Å². The number of aromatic carboxylic acids is 1. The van der Waals surface area contributed by atoms with Crippen molar-refractivity contribution >= 4 is 28.2 Å². The Morgan fingerprint density at radius 1 is 1.03 bits per heavy atom. The highest BCUT2D eigenvalue weighted by Gasteiger charge is 2.36. The van der Waals surface area contributed by atoms with E-state index >= 15 is 0 Å². The molecule has 0 radical (unpaired) electrons. The van der Waals surface area contributed by atoms with Crippen LogP contribution >= 0.6 is 11.3 Å². The first-order valence-corrected chi connectivity index (χ1v) is 11.7. The predicted molar refractivity (Wildman–Crippen MR) is 119 cm³/mol. The monoisotopic (exact) mass is 427 g/mol. The second-order valence-corrected chi connectivity index (χ2v) is 9.54. The van der Waals surface area contributed by atoms with Gasteiger partial charge in [0.2, 0.25) is 5.91 Å². The van der Waals surface area contributed by atoms with Gasteiger partial charge in [0, 0.05) is 30.1 Å². The molecular weight excluding hydrogens is 398 g/mol. The molecule has 5 nitrogen and oxygen atoms in total. The number of carbonyl (C=O) groups excluding carboxylic acids is 1. The van der Waals surface area contributed by atoms with Crippen molar-refractivity contribution in [3.63, 3.8) is 0 Å². The predicted octanol–water partition coefficient (Wildman–Crippen LogP) is 5.45. The van der Waals surface area contributed by atoms with Crippen molar-refractivity contribution in [2.75, 3.05) is 18.1 Å². The molecule has 1 aliphatic carbocycles. The number of carbonyl (C=O) groups is 2. The molecule has 160 valence electrons. The van der Waals surface area contributed by atoms with E-state index in [1.807, 2.05) is 35.2 Å². The van der Waals surface area contributed by atoms with Crippen LogP contribution in [-0.4, -0.2) is 36.2 Å². The maximum atomic E-state index is 13.7. The van der Waals surface area contributed by atoms with E-state index in [-0.39, 0.29) is 23.4 Å². The summed E-state index contributed by atoms with van der Waals surface area (Å²) in [6.45, 7) is 3.45. The summed E-state index contributed by atoms with van der Waals surface area (Å²) in [6.07, 6.45) is 5.38. The summed E-state index contributed by atoms with van der Waals surface area (Å²) in [4.78, 5) is 28.6. The normalized spacial score (nSPS) is 22.6. The Hall–Kier alpha value is -2.18. The third-order valence-electron chi connectivity index (χ3n) is 6.38. The Morgan fingerprint density at radius 3 is 2.33 bits per heavy atom. The second kappa shape index (κ2) is 9.31. The van der Waals surface area contributed by atoms with Gasteiger partial charge in [-0.3, -0.25) is 9.69 Å². The molecule has 1 amide bonds. The Labute approximate surface area is 181 Å². The third-order valence-corrected chi connectivity index (χ3v) is 7.56. The number of benzene rings is 1. The van der Waals surface area contributed by atoms with Gasteiger partial charge in [0.1, 0.15) is 5.00 Å². The van der Waals surface area contributed by atoms with Crippen LogP contribution in [0.15, 0.2) is 36.4 Å². The van der Waals surface area contributed by atoms with E-state index in [0.29, 0.717) is 24.1 Å². The number of nitrogens with zero attached hydrogens (tertiary/aromatic N) is 1. The van der Waals surface area contributed by atoms with Crippen LogP contribution in [0.2, 0.25) is 0 Å². The van der Waals surface area contributed by atoms with Gasteiger partial charge in [-0.2, -0.15) is 0 Å². The van der Waals surface area contributed by atoms with Crippen LogP contribution in [0.3, 0.4) is 0 Å². The first-order valence-electron chi connectivity index (χ1n) is 10.9. The minimum absolute atomic E-state index is 0.00836. The molecule has 1 N–H and O–H groups in total. The molecule has 2 heterocycles. The molecule has 4 rings (SSSR count). The molecule has 1 aliphatic heterocycles. The van der Waals surface area contributed by atoms with Crippen molar-refractivity contribution < 1.29 is 19.4 Å². The number of hydrogen-bond donors (Lipinski definition) is 1. The summed E-state index contributed by atoms with van der Waals surface area (Å²) in [5, 5.41) is 10.5. The van der Waals surface area contributed by atoms with E-state index in [1.165, 1.54) is 11.3 Å². The standard InChI is InChI=1S/C24H29NO4S/c1-16-7-9-18(10-8-16)22(26)25(19-11-13-29-14-12-19)23-20(24(27)28)15-21(30-23)17-5-3-2-4-6-17/h2-6,15-16,18-19H,7-14H2,1H3,(H,27,28). The lowest BCUT2D eigenvalue weighted by Gasteiger charge is -2.37. The summed E-state index contributed by atoms with van der Waals surface area (Å²) in [7, 11) is 0. The Bertz CT molecular complexity index is 880. The Kier molecular flexibility index (Phi) is 6.54. The van der Waals surface area contributed by atoms with Gasteiger partial charge in [-0.25, -0.2) is 4.79 Å². The Morgan fingerprint density at radius 2 is 1.70 bits per heavy atom. The molecule has 2 aromatic rings. The topological polar surface area (TPSA) is 66.8 Å². The molecule has 1 aromatic carbocycles. The SMILES string of the molecule is CC1CCC(C(=O)N(c2sc(-c3ccccc3)cc2C(=O)O)C2CCOCC2)CC1. The number of rotatable bonds is 5. The lowest BCUT2D eigenvalue weighted by atomic mass is 9.82. The summed E-state index contributed by atoms with van der Waals surface area (Å²) in [5.74, 6) is -0.247. The fourth-order valence-corrected chi connectivity index (χ4v) is 5.78. The zero-order valence-corrected chi connectivity index (χ0v) is 18.2. The summed E-state index contributed by atoms with van der Waals surface area (Å²) < 4.78 is 5.53. The molecule has 2 fully saturated rings. The van der Waals surface area contributed by atoms with E-state index < -0.39 is 5.97 Å². The second-order valence-electron chi connectivity index (χ2n) is 8.51. The van der Waals surface area contributed by atoms with Crippen molar-refractivity contribution in [2.24, 2.45) is 11.8 Å². The molecule has 1 saturated heterocycles. The number of ether oxygens (including phenoxy) is 1. The van der Waals surface area contributed by atoms with Gasteiger partial charge in [-0.15, -0.1) is 11.3 Å². The van der Waals surface area contributed by atoms with Crippen molar-refractivity contribution in [1.29, 1.82) is 0 Å². The molecule has 0 atom stereocenters. The third kappa shape index (κ3) is 4.44. The number of amides is 1. The summed E-state index contributed by atoms with van der Waals surface area (Å²) >= 11 is 1.42. The van der Waals surface area contributed by atoms with E-state index in [4.69, 9.17) is 4.74 Å². The van der Waals surface area contributed by atoms with Crippen molar-refractivity contribution in [1.82, 2.24) is 0 Å². The van der Waals surface area contributed by atoms with E-state index in [0.717, 1.165) is 49.0 Å². The average molecular weight is 428 g/mol. The fraction of sp³-hybridized carbons (Fsp3) is 0.500. The van der Waals surface area contributed by atoms with Crippen LogP contribution in [0.5, 0.6) is 0 Å². The first-order chi connectivity index (χ1) is 14.5. The summed E-state index contributed by atoms with van der Waals surface area (Å²) in [6, 6.07) is 11.5. The molecule has 0 bridgehead atoms. The summed E-state index contributed by atoms with van der Waals surface area (Å²) in [5.41, 5.74) is 1.20. The largest absolute Gasteiger partial charge is 0.478 e. The van der Waals surface area contributed by atoms with Gasteiger partial charge in [-0.05, 0) is 56.1 Å². The lowest BCUT2D eigenvalue weighted by Crippen LogP contribution is -2.47. The molecule has 30 heavy (non-hydrogen) atoms. The number of hydrogen-bond acceptors (Lipinski definition) is 4. The van der Waals surface area contributed by atoms with Crippen molar-refractivity contribution in [3.8, 4) is 10.4 Å². The van der Waals surface area contributed by atoms with E-state index in [1.54, 1.807) is 6.07 Å². The number of thiophene rings is 1. The van der Waals surface area contributed by atoms with Gasteiger partial charge >= 0.3 is 5.97 Å². The molecule has 0 spiro atoms. The number of carboxylic acids is 1. The zero-order valence-electron chi connectivity index (χ0n) is 17.4. The quantitative estimate of drug-likeness (QED) is 0.689. The average Bonchev–Trinajstić information content (AvgIpc) is 3.21. The smallest absolute Gasteiger partial charge is 0.338 e. The molecule has 6 heteroatoms. The van der Waals surface area contributed by atoms with Crippen LogP contribution < -0.4 is 4.90 Å². The maximum Gasteiger partial charge on any atom is 0.338 e. The van der Waals surface area contributed by atoms with Gasteiger partial charge in [0.25, 0.3) is 0 Å². The van der Waals surface area contributed by atoms with Gasteiger partial charge in [0.05, 0.1) is 5.56 Å². The lowest BCUT2D eigenvalue weighted by molar-refractivity contribution is -0.124. The fourth-order valence-electron chi connectivity index (χ4n) is 4.55. The van der Waals surface area contributed by atoms with Crippen LogP contribution in [-0.2, 0) is 9.53 Å². The molecule has 1 saturated carbocycles. The van der Waals surface area contributed by atoms with Gasteiger partial charge in [0.15, 0.2) is 0 Å². The van der Waals surface area contributed by atoms with Gasteiger partial charge in [-0.1, -0.05) is 37.3 Å². The van der Waals surface area contributed by atoms with Crippen LogP contribution in [0.1, 0.15) is 55.8 Å². The highest BCUT2D eigenvalue weighted by Crippen LogP contribution is 2.41. The zero-order chi connectivity index (χ0) is 21.1. The van der Waals surface area contributed by atoms with Crippen LogP contribution in [0.4, 0.5) is 5.00 Å². The molecule has 2 aliphatic rings. The highest BCUT2D eigenvalue weighted by atomic mass is 32.1. The minimum atomic E-state index is -0.981. The van der Waals surface area contributed by atoms with Crippen molar-refractivity contribution in [2.45, 2.75) is 51.5 Å². The number of carboxylic acid groups (broad SMARTS) is 1. The van der Waals surface area contributed by atoms with E-state index in [2.05, 4.69) is 6.92 Å². The van der Waals surface area contributed by atoms with E-state index in [9.17, 15) is 14.7 Å². The van der Waals surface area contributed by atoms with Gasteiger partial charge < -0.3 is 9.84 Å². The minimum Gasteiger partial charge on any atom is -0.478 e.